The number of hydrogen-bond acceptors (Lipinski definition) is 2. The van der Waals surface area contributed by atoms with Crippen LogP contribution in [0.4, 0.5) is 0 Å². The number of hydrogen-bond donors (Lipinski definition) is 1. The fraction of sp³-hybridized carbons (Fsp3) is 0.889. The van der Waals surface area contributed by atoms with Gasteiger partial charge in [-0.2, -0.15) is 0 Å². The van der Waals surface area contributed by atoms with E-state index >= 15 is 0 Å². The second kappa shape index (κ2) is 6.98. The van der Waals surface area contributed by atoms with E-state index in [0.717, 1.165) is 29.5 Å². The van der Waals surface area contributed by atoms with Crippen molar-refractivity contribution in [2.24, 2.45) is 17.3 Å². The number of allylic oxidation sites excluding steroid dienone is 1. The Balaban J connectivity index is 1.59. The standard InChI is InChI=1S/C18H34N2/c1-15(2)6-10-20-11-7-18(8-12-20)13-17(14-18)5-9-19-16(3)4/h15,17,19H,3,5-14H2,1-2,4H3. The molecule has 1 saturated carbocycles. The monoisotopic (exact) mass is 278 g/mol. The molecule has 1 aliphatic carbocycles. The number of nitrogens with one attached hydrogen (secondary N) is 1. The maximum absolute atomic E-state index is 3.90. The molecule has 0 radical (unpaired) electrons. The average molecular weight is 278 g/mol. The highest BCUT2D eigenvalue weighted by Gasteiger charge is 2.44. The van der Waals surface area contributed by atoms with Crippen molar-refractivity contribution in [3.63, 3.8) is 0 Å². The summed E-state index contributed by atoms with van der Waals surface area (Å²) >= 11 is 0. The predicted molar refractivity (Wildman–Crippen MR) is 87.7 cm³/mol. The van der Waals surface area contributed by atoms with Crippen molar-refractivity contribution in [2.45, 2.75) is 59.3 Å². The lowest BCUT2D eigenvalue weighted by Gasteiger charge is -2.52. The number of likely N-dealkylation sites (tertiary alicyclic amines) is 1. The van der Waals surface area contributed by atoms with E-state index in [0.29, 0.717) is 0 Å². The average Bonchev–Trinajstić information content (AvgIpc) is 2.35. The molecule has 0 amide bonds. The minimum absolute atomic E-state index is 0.738. The summed E-state index contributed by atoms with van der Waals surface area (Å²) < 4.78 is 0. The van der Waals surface area contributed by atoms with Crippen molar-refractivity contribution < 1.29 is 0 Å². The van der Waals surface area contributed by atoms with Gasteiger partial charge in [-0.05, 0) is 82.3 Å². The molecule has 116 valence electrons. The predicted octanol–water partition coefficient (Wildman–Crippen LogP) is 4.04. The third-order valence-corrected chi connectivity index (χ3v) is 5.36. The summed E-state index contributed by atoms with van der Waals surface area (Å²) in [6, 6.07) is 0. The van der Waals surface area contributed by atoms with Crippen LogP contribution in [0.15, 0.2) is 12.3 Å². The highest BCUT2D eigenvalue weighted by molar-refractivity contribution is 4.97. The highest BCUT2D eigenvalue weighted by atomic mass is 15.1. The van der Waals surface area contributed by atoms with Gasteiger partial charge in [0.25, 0.3) is 0 Å². The van der Waals surface area contributed by atoms with Crippen molar-refractivity contribution in [2.75, 3.05) is 26.2 Å². The third kappa shape index (κ3) is 4.51. The molecule has 2 aliphatic rings. The summed E-state index contributed by atoms with van der Waals surface area (Å²) in [7, 11) is 0. The zero-order chi connectivity index (χ0) is 14.6. The Morgan fingerprint density at radius 2 is 1.95 bits per heavy atom. The van der Waals surface area contributed by atoms with Crippen LogP contribution < -0.4 is 5.32 Å². The molecule has 0 aromatic heterocycles. The van der Waals surface area contributed by atoms with Gasteiger partial charge in [-0.3, -0.25) is 0 Å². The van der Waals surface area contributed by atoms with Gasteiger partial charge in [0.15, 0.2) is 0 Å². The summed E-state index contributed by atoms with van der Waals surface area (Å²) in [6.45, 7) is 15.8. The Kier molecular flexibility index (Phi) is 5.54. The SMILES string of the molecule is C=C(C)NCCC1CC2(CCN(CCC(C)C)CC2)C1. The molecule has 1 aliphatic heterocycles. The molecule has 20 heavy (non-hydrogen) atoms. The molecule has 2 rings (SSSR count). The molecule has 0 unspecified atom stereocenters. The molecule has 0 bridgehead atoms. The first kappa shape index (κ1) is 15.9. The molecule has 1 N–H and O–H groups in total. The fourth-order valence-electron chi connectivity index (χ4n) is 3.96. The first-order valence-electron chi connectivity index (χ1n) is 8.61. The lowest BCUT2D eigenvalue weighted by atomic mass is 9.57. The fourth-order valence-corrected chi connectivity index (χ4v) is 3.96. The zero-order valence-corrected chi connectivity index (χ0v) is 13.9. The summed E-state index contributed by atoms with van der Waals surface area (Å²) in [4.78, 5) is 2.70. The van der Waals surface area contributed by atoms with E-state index in [1.807, 2.05) is 0 Å². The van der Waals surface area contributed by atoms with E-state index < -0.39 is 0 Å². The molecule has 2 fully saturated rings. The van der Waals surface area contributed by atoms with Crippen LogP contribution in [0.25, 0.3) is 0 Å². The van der Waals surface area contributed by atoms with E-state index in [4.69, 9.17) is 0 Å². The Morgan fingerprint density at radius 1 is 1.30 bits per heavy atom. The molecule has 1 saturated heterocycles. The lowest BCUT2D eigenvalue weighted by Crippen LogP contribution is -2.47. The minimum atomic E-state index is 0.738. The summed E-state index contributed by atoms with van der Waals surface area (Å²) in [5, 5.41) is 3.37. The minimum Gasteiger partial charge on any atom is -0.389 e. The van der Waals surface area contributed by atoms with Crippen molar-refractivity contribution in [1.82, 2.24) is 10.2 Å². The Hall–Kier alpha value is -0.500. The van der Waals surface area contributed by atoms with Crippen LogP contribution in [-0.4, -0.2) is 31.1 Å². The van der Waals surface area contributed by atoms with Crippen molar-refractivity contribution in [3.05, 3.63) is 12.3 Å². The quantitative estimate of drug-likeness (QED) is 0.756. The Morgan fingerprint density at radius 3 is 2.50 bits per heavy atom. The van der Waals surface area contributed by atoms with Crippen LogP contribution in [0.2, 0.25) is 0 Å². The summed E-state index contributed by atoms with van der Waals surface area (Å²) in [5.74, 6) is 1.82. The second-order valence-corrected chi connectivity index (χ2v) is 7.79. The summed E-state index contributed by atoms with van der Waals surface area (Å²) in [5.41, 5.74) is 1.85. The molecular weight excluding hydrogens is 244 g/mol. The number of nitrogens with zero attached hydrogens (tertiary/aromatic N) is 1. The van der Waals surface area contributed by atoms with Crippen molar-refractivity contribution in [1.29, 1.82) is 0 Å². The maximum Gasteiger partial charge on any atom is 0.0146 e. The molecule has 1 spiro atoms. The molecule has 2 heteroatoms. The van der Waals surface area contributed by atoms with Gasteiger partial charge in [-0.1, -0.05) is 20.4 Å². The van der Waals surface area contributed by atoms with E-state index in [1.54, 1.807) is 0 Å². The van der Waals surface area contributed by atoms with Gasteiger partial charge in [-0.15, -0.1) is 0 Å². The molecule has 0 aromatic rings. The van der Waals surface area contributed by atoms with Crippen LogP contribution in [0.1, 0.15) is 59.3 Å². The van der Waals surface area contributed by atoms with E-state index in [2.05, 4.69) is 37.6 Å². The zero-order valence-electron chi connectivity index (χ0n) is 13.9. The summed E-state index contributed by atoms with van der Waals surface area (Å²) in [6.07, 6.45) is 8.59. The first-order chi connectivity index (χ1) is 9.49. The maximum atomic E-state index is 3.90. The normalized spacial score (nSPS) is 23.0. The molecule has 1 heterocycles. The van der Waals surface area contributed by atoms with Gasteiger partial charge < -0.3 is 10.2 Å². The largest absolute Gasteiger partial charge is 0.389 e. The molecular formula is C18H34N2. The second-order valence-electron chi connectivity index (χ2n) is 7.79. The van der Waals surface area contributed by atoms with E-state index in [-0.39, 0.29) is 0 Å². The molecule has 0 atom stereocenters. The van der Waals surface area contributed by atoms with Gasteiger partial charge >= 0.3 is 0 Å². The van der Waals surface area contributed by atoms with Crippen LogP contribution in [0.3, 0.4) is 0 Å². The third-order valence-electron chi connectivity index (χ3n) is 5.36. The van der Waals surface area contributed by atoms with Crippen molar-refractivity contribution in [3.8, 4) is 0 Å². The van der Waals surface area contributed by atoms with Crippen LogP contribution >= 0.6 is 0 Å². The smallest absolute Gasteiger partial charge is 0.0146 e. The van der Waals surface area contributed by atoms with Crippen LogP contribution in [0.5, 0.6) is 0 Å². The van der Waals surface area contributed by atoms with Gasteiger partial charge in [0.2, 0.25) is 0 Å². The lowest BCUT2D eigenvalue weighted by molar-refractivity contribution is -0.0163. The van der Waals surface area contributed by atoms with E-state index in [1.165, 1.54) is 58.2 Å². The number of piperidine rings is 1. The topological polar surface area (TPSA) is 15.3 Å². The first-order valence-corrected chi connectivity index (χ1v) is 8.61. The van der Waals surface area contributed by atoms with Gasteiger partial charge in [0.05, 0.1) is 0 Å². The molecule has 2 nitrogen and oxygen atoms in total. The van der Waals surface area contributed by atoms with Crippen LogP contribution in [-0.2, 0) is 0 Å². The van der Waals surface area contributed by atoms with Gasteiger partial charge in [0.1, 0.15) is 0 Å². The Bertz CT molecular complexity index is 305. The Labute approximate surface area is 126 Å². The van der Waals surface area contributed by atoms with Gasteiger partial charge in [0, 0.05) is 12.2 Å². The van der Waals surface area contributed by atoms with Crippen molar-refractivity contribution >= 4 is 0 Å². The van der Waals surface area contributed by atoms with E-state index in [9.17, 15) is 0 Å². The van der Waals surface area contributed by atoms with Crippen LogP contribution in [0, 0.1) is 17.3 Å². The molecule has 0 aromatic carbocycles. The number of rotatable bonds is 7. The van der Waals surface area contributed by atoms with Gasteiger partial charge in [-0.25, -0.2) is 0 Å². The highest BCUT2D eigenvalue weighted by Crippen LogP contribution is 2.53.